The Balaban J connectivity index is 2.32. The van der Waals surface area contributed by atoms with Crippen LogP contribution in [0.15, 0.2) is 29.4 Å². The number of primary amides is 1. The van der Waals surface area contributed by atoms with Gasteiger partial charge in [0, 0.05) is 5.56 Å². The van der Waals surface area contributed by atoms with E-state index in [1.54, 1.807) is 0 Å². The molecule has 5 nitrogen and oxygen atoms in total. The van der Waals surface area contributed by atoms with Crippen LogP contribution in [-0.2, 0) is 0 Å². The quantitative estimate of drug-likeness (QED) is 0.697. The molecule has 0 unspecified atom stereocenters. The Labute approximate surface area is 93.3 Å². The predicted molar refractivity (Wildman–Crippen MR) is 60.4 cm³/mol. The third-order valence-electron chi connectivity index (χ3n) is 2.31. The number of nitrogens with one attached hydrogen (secondary N) is 1. The van der Waals surface area contributed by atoms with E-state index in [4.69, 9.17) is 10.5 Å². The maximum Gasteiger partial charge on any atom is 0.332 e. The van der Waals surface area contributed by atoms with Crippen molar-refractivity contribution in [1.29, 1.82) is 0 Å². The summed E-state index contributed by atoms with van der Waals surface area (Å²) in [5, 5.41) is 4.00. The van der Waals surface area contributed by atoms with Gasteiger partial charge in [0.1, 0.15) is 5.75 Å². The van der Waals surface area contributed by atoms with Gasteiger partial charge in [-0.15, -0.1) is 0 Å². The molecule has 1 aromatic carbocycles. The Kier molecular flexibility index (Phi) is 3.05. The van der Waals surface area contributed by atoms with Crippen LogP contribution in [0, 0.1) is 0 Å². The van der Waals surface area contributed by atoms with Gasteiger partial charge in [-0.2, -0.15) is 5.10 Å². The molecule has 0 saturated heterocycles. The van der Waals surface area contributed by atoms with E-state index in [9.17, 15) is 4.79 Å². The normalized spacial score (nSPS) is 17.1. The van der Waals surface area contributed by atoms with Gasteiger partial charge in [0.05, 0.1) is 12.3 Å². The number of nitrogens with zero attached hydrogens (tertiary/aromatic N) is 1. The molecule has 0 spiro atoms. The standard InChI is InChI=1S/C11H13N3O2/c12-11(15)14-13-9-5-3-7-16-10-6-2-1-4-8(9)10/h1-2,4,6H,3,5,7H2,(H3,12,14,15)/b13-9+. The second kappa shape index (κ2) is 4.65. The van der Waals surface area contributed by atoms with Crippen molar-refractivity contribution in [2.45, 2.75) is 12.8 Å². The minimum absolute atomic E-state index is 0.657. The number of hydrogen-bond donors (Lipinski definition) is 2. The second-order valence-electron chi connectivity index (χ2n) is 3.48. The number of carbonyl (C=O) groups is 1. The Morgan fingerprint density at radius 1 is 1.44 bits per heavy atom. The van der Waals surface area contributed by atoms with E-state index in [2.05, 4.69) is 10.5 Å². The molecule has 84 valence electrons. The monoisotopic (exact) mass is 219 g/mol. The molecule has 0 saturated carbocycles. The molecule has 0 fully saturated rings. The molecular formula is C11H13N3O2. The van der Waals surface area contributed by atoms with Crippen LogP contribution >= 0.6 is 0 Å². The van der Waals surface area contributed by atoms with Crippen LogP contribution in [-0.4, -0.2) is 18.3 Å². The zero-order valence-corrected chi connectivity index (χ0v) is 8.77. The molecule has 0 aliphatic carbocycles. The first-order valence-electron chi connectivity index (χ1n) is 5.11. The van der Waals surface area contributed by atoms with Gasteiger partial charge in [-0.1, -0.05) is 12.1 Å². The lowest BCUT2D eigenvalue weighted by Crippen LogP contribution is -2.26. The Hall–Kier alpha value is -2.04. The maximum atomic E-state index is 10.6. The number of carbonyl (C=O) groups excluding carboxylic acids is 1. The summed E-state index contributed by atoms with van der Waals surface area (Å²) in [6, 6.07) is 6.97. The first-order valence-corrected chi connectivity index (χ1v) is 5.11. The van der Waals surface area contributed by atoms with Crippen molar-refractivity contribution in [3.8, 4) is 5.75 Å². The number of benzene rings is 1. The summed E-state index contributed by atoms with van der Waals surface area (Å²) in [5.41, 5.74) is 8.94. The van der Waals surface area contributed by atoms with Crippen molar-refractivity contribution in [3.63, 3.8) is 0 Å². The van der Waals surface area contributed by atoms with Crippen LogP contribution in [0.25, 0.3) is 0 Å². The van der Waals surface area contributed by atoms with Gasteiger partial charge in [0.15, 0.2) is 0 Å². The molecule has 16 heavy (non-hydrogen) atoms. The van der Waals surface area contributed by atoms with Crippen LogP contribution in [0.2, 0.25) is 0 Å². The van der Waals surface area contributed by atoms with Gasteiger partial charge in [0.25, 0.3) is 0 Å². The van der Waals surface area contributed by atoms with E-state index < -0.39 is 6.03 Å². The maximum absolute atomic E-state index is 10.6. The molecule has 0 radical (unpaired) electrons. The molecule has 1 aliphatic rings. The van der Waals surface area contributed by atoms with Crippen molar-refractivity contribution in [2.75, 3.05) is 6.61 Å². The van der Waals surface area contributed by atoms with Crippen molar-refractivity contribution in [1.82, 2.24) is 5.43 Å². The van der Waals surface area contributed by atoms with Crippen LogP contribution in [0.3, 0.4) is 0 Å². The lowest BCUT2D eigenvalue weighted by molar-refractivity contribution is 0.249. The summed E-state index contributed by atoms with van der Waals surface area (Å²) in [6.07, 6.45) is 1.63. The number of para-hydroxylation sites is 1. The SMILES string of the molecule is NC(=O)N/N=C1\CCCOc2ccccc21. The van der Waals surface area contributed by atoms with E-state index >= 15 is 0 Å². The van der Waals surface area contributed by atoms with E-state index in [0.717, 1.165) is 29.9 Å². The summed E-state index contributed by atoms with van der Waals surface area (Å²) >= 11 is 0. The zero-order valence-electron chi connectivity index (χ0n) is 8.77. The lowest BCUT2D eigenvalue weighted by atomic mass is 10.1. The third-order valence-corrected chi connectivity index (χ3v) is 2.31. The molecule has 2 amide bonds. The molecule has 1 aromatic rings. The largest absolute Gasteiger partial charge is 0.493 e. The highest BCUT2D eigenvalue weighted by atomic mass is 16.5. The number of ether oxygens (including phenoxy) is 1. The highest BCUT2D eigenvalue weighted by Crippen LogP contribution is 2.23. The van der Waals surface area contributed by atoms with Gasteiger partial charge >= 0.3 is 6.03 Å². The summed E-state index contributed by atoms with van der Waals surface area (Å²) in [4.78, 5) is 10.6. The van der Waals surface area contributed by atoms with Crippen molar-refractivity contribution >= 4 is 11.7 Å². The molecule has 2 rings (SSSR count). The van der Waals surface area contributed by atoms with Crippen LogP contribution in [0.4, 0.5) is 4.79 Å². The molecular weight excluding hydrogens is 206 g/mol. The molecule has 1 aliphatic heterocycles. The van der Waals surface area contributed by atoms with Gasteiger partial charge in [0.2, 0.25) is 0 Å². The Morgan fingerprint density at radius 3 is 3.06 bits per heavy atom. The summed E-state index contributed by atoms with van der Waals surface area (Å²) in [5.74, 6) is 0.796. The number of rotatable bonds is 1. The average molecular weight is 219 g/mol. The van der Waals surface area contributed by atoms with E-state index in [1.807, 2.05) is 24.3 Å². The van der Waals surface area contributed by atoms with E-state index in [1.165, 1.54) is 0 Å². The fourth-order valence-electron chi connectivity index (χ4n) is 1.63. The summed E-state index contributed by atoms with van der Waals surface area (Å²) in [6.45, 7) is 0.659. The minimum atomic E-state index is -0.657. The fourth-order valence-corrected chi connectivity index (χ4v) is 1.63. The number of amides is 2. The van der Waals surface area contributed by atoms with E-state index in [0.29, 0.717) is 6.61 Å². The second-order valence-corrected chi connectivity index (χ2v) is 3.48. The van der Waals surface area contributed by atoms with Gasteiger partial charge in [-0.3, -0.25) is 0 Å². The van der Waals surface area contributed by atoms with E-state index in [-0.39, 0.29) is 0 Å². The Morgan fingerprint density at radius 2 is 2.25 bits per heavy atom. The summed E-state index contributed by atoms with van der Waals surface area (Å²) in [7, 11) is 0. The van der Waals surface area contributed by atoms with Gasteiger partial charge < -0.3 is 10.5 Å². The highest BCUT2D eigenvalue weighted by molar-refractivity contribution is 6.03. The molecule has 3 N–H and O–H groups in total. The third kappa shape index (κ3) is 2.31. The molecule has 0 aromatic heterocycles. The molecule has 0 atom stereocenters. The van der Waals surface area contributed by atoms with Crippen LogP contribution in [0.5, 0.6) is 5.75 Å². The lowest BCUT2D eigenvalue weighted by Gasteiger charge is -2.06. The van der Waals surface area contributed by atoms with Crippen LogP contribution < -0.4 is 15.9 Å². The van der Waals surface area contributed by atoms with Crippen molar-refractivity contribution in [3.05, 3.63) is 29.8 Å². The number of nitrogens with two attached hydrogens (primary N) is 1. The molecule has 5 heteroatoms. The van der Waals surface area contributed by atoms with Crippen molar-refractivity contribution in [2.24, 2.45) is 10.8 Å². The van der Waals surface area contributed by atoms with Gasteiger partial charge in [-0.05, 0) is 25.0 Å². The Bertz CT molecular complexity index is 429. The average Bonchev–Trinajstić information content (AvgIpc) is 2.48. The predicted octanol–water partition coefficient (Wildman–Crippen LogP) is 1.23. The summed E-state index contributed by atoms with van der Waals surface area (Å²) < 4.78 is 5.56. The zero-order chi connectivity index (χ0) is 11.4. The topological polar surface area (TPSA) is 76.7 Å². The van der Waals surface area contributed by atoms with Crippen molar-refractivity contribution < 1.29 is 9.53 Å². The number of urea groups is 1. The fraction of sp³-hybridized carbons (Fsp3) is 0.273. The number of hydrazone groups is 1. The highest BCUT2D eigenvalue weighted by Gasteiger charge is 2.14. The smallest absolute Gasteiger partial charge is 0.332 e. The first-order chi connectivity index (χ1) is 7.77. The number of fused-ring (bicyclic) bond motifs is 1. The molecule has 0 bridgehead atoms. The van der Waals surface area contributed by atoms with Gasteiger partial charge in [-0.25, -0.2) is 10.2 Å². The number of hydrogen-bond acceptors (Lipinski definition) is 3. The molecule has 1 heterocycles. The van der Waals surface area contributed by atoms with Crippen LogP contribution in [0.1, 0.15) is 18.4 Å². The first kappa shape index (κ1) is 10.5. The minimum Gasteiger partial charge on any atom is -0.493 e.